The highest BCUT2D eigenvalue weighted by Crippen LogP contribution is 2.32. The van der Waals surface area contributed by atoms with E-state index in [0.717, 1.165) is 11.3 Å². The zero-order chi connectivity index (χ0) is 22.0. The summed E-state index contributed by atoms with van der Waals surface area (Å²) in [6.07, 6.45) is 0.524. The molecule has 0 bridgehead atoms. The summed E-state index contributed by atoms with van der Waals surface area (Å²) >= 11 is 0. The summed E-state index contributed by atoms with van der Waals surface area (Å²) in [4.78, 5) is 6.73. The van der Waals surface area contributed by atoms with Crippen molar-refractivity contribution >= 4 is 10.0 Å². The molecule has 1 aliphatic rings. The molecule has 31 heavy (non-hydrogen) atoms. The molecule has 0 radical (unpaired) electrons. The van der Waals surface area contributed by atoms with Crippen molar-refractivity contribution in [3.05, 3.63) is 54.4 Å². The van der Waals surface area contributed by atoms with E-state index in [9.17, 15) is 8.42 Å². The van der Waals surface area contributed by atoms with Gasteiger partial charge >= 0.3 is 0 Å². The van der Waals surface area contributed by atoms with Crippen molar-refractivity contribution in [2.45, 2.75) is 23.4 Å². The number of benzene rings is 2. The number of sulfonamides is 1. The SMILES string of the molecule is COc1ccc(-c2noc([C@@H]3C[C@H](NS(=O)(=O)c4ccc(OC)cc4)CN3C)n2)cc1. The van der Waals surface area contributed by atoms with Gasteiger partial charge in [-0.3, -0.25) is 4.90 Å². The summed E-state index contributed by atoms with van der Waals surface area (Å²) in [6, 6.07) is 13.2. The van der Waals surface area contributed by atoms with E-state index in [0.29, 0.717) is 30.4 Å². The maximum Gasteiger partial charge on any atom is 0.244 e. The largest absolute Gasteiger partial charge is 0.497 e. The molecule has 164 valence electrons. The average molecular weight is 445 g/mol. The average Bonchev–Trinajstić information content (AvgIpc) is 3.40. The van der Waals surface area contributed by atoms with E-state index < -0.39 is 10.0 Å². The molecule has 9 nitrogen and oxygen atoms in total. The van der Waals surface area contributed by atoms with Crippen LogP contribution in [0.4, 0.5) is 0 Å². The lowest BCUT2D eigenvalue weighted by atomic mass is 10.2. The van der Waals surface area contributed by atoms with Crippen LogP contribution < -0.4 is 14.2 Å². The summed E-state index contributed by atoms with van der Waals surface area (Å²) in [6.45, 7) is 0.528. The van der Waals surface area contributed by atoms with Crippen molar-refractivity contribution in [2.75, 3.05) is 27.8 Å². The molecule has 2 atom stereocenters. The van der Waals surface area contributed by atoms with E-state index in [4.69, 9.17) is 14.0 Å². The van der Waals surface area contributed by atoms with E-state index in [-0.39, 0.29) is 17.0 Å². The van der Waals surface area contributed by atoms with Crippen LogP contribution in [0.5, 0.6) is 11.5 Å². The van der Waals surface area contributed by atoms with Crippen molar-refractivity contribution < 1.29 is 22.4 Å². The third-order valence-electron chi connectivity index (χ3n) is 5.31. The Morgan fingerprint density at radius 3 is 2.26 bits per heavy atom. The number of nitrogens with one attached hydrogen (secondary N) is 1. The fraction of sp³-hybridized carbons (Fsp3) is 0.333. The predicted octanol–water partition coefficient (Wildman–Crippen LogP) is 2.48. The molecule has 1 saturated heterocycles. The third kappa shape index (κ3) is 4.55. The molecule has 0 saturated carbocycles. The van der Waals surface area contributed by atoms with Gasteiger partial charge in [-0.1, -0.05) is 5.16 Å². The summed E-state index contributed by atoms with van der Waals surface area (Å²) in [5.41, 5.74) is 0.813. The molecular formula is C21H24N4O5S. The molecule has 2 heterocycles. The van der Waals surface area contributed by atoms with Gasteiger partial charge in [-0.25, -0.2) is 13.1 Å². The number of aromatic nitrogens is 2. The monoisotopic (exact) mass is 444 g/mol. The molecule has 1 aliphatic heterocycles. The molecule has 0 spiro atoms. The second-order valence-electron chi connectivity index (χ2n) is 7.37. The number of likely N-dealkylation sites (tertiary alicyclic amines) is 1. The van der Waals surface area contributed by atoms with Crippen LogP contribution in [0.25, 0.3) is 11.4 Å². The number of hydrogen-bond acceptors (Lipinski definition) is 8. The van der Waals surface area contributed by atoms with Gasteiger partial charge in [0.2, 0.25) is 21.7 Å². The Morgan fingerprint density at radius 2 is 1.65 bits per heavy atom. The molecule has 0 aliphatic carbocycles. The highest BCUT2D eigenvalue weighted by molar-refractivity contribution is 7.89. The first kappa shape index (κ1) is 21.3. The van der Waals surface area contributed by atoms with Gasteiger partial charge in [0, 0.05) is 18.2 Å². The number of likely N-dealkylation sites (N-methyl/N-ethyl adjacent to an activating group) is 1. The lowest BCUT2D eigenvalue weighted by molar-refractivity contribution is 0.244. The zero-order valence-corrected chi connectivity index (χ0v) is 18.3. The lowest BCUT2D eigenvalue weighted by Crippen LogP contribution is -2.36. The number of ether oxygens (including phenoxy) is 2. The molecular weight excluding hydrogens is 420 g/mol. The summed E-state index contributed by atoms with van der Waals surface area (Å²) in [5, 5.41) is 4.08. The minimum Gasteiger partial charge on any atom is -0.497 e. The quantitative estimate of drug-likeness (QED) is 0.592. The van der Waals surface area contributed by atoms with E-state index in [1.165, 1.54) is 19.2 Å². The molecule has 3 aromatic rings. The van der Waals surface area contributed by atoms with Gasteiger partial charge in [0.15, 0.2) is 0 Å². The van der Waals surface area contributed by atoms with Crippen molar-refractivity contribution in [3.63, 3.8) is 0 Å². The molecule has 0 amide bonds. The fourth-order valence-electron chi connectivity index (χ4n) is 3.64. The summed E-state index contributed by atoms with van der Waals surface area (Å²) in [5.74, 6) is 2.28. The molecule has 10 heteroatoms. The smallest absolute Gasteiger partial charge is 0.244 e. The van der Waals surface area contributed by atoms with Crippen LogP contribution in [0.15, 0.2) is 57.9 Å². The Kier molecular flexibility index (Phi) is 5.94. The van der Waals surface area contributed by atoms with Gasteiger partial charge in [-0.15, -0.1) is 0 Å². The third-order valence-corrected chi connectivity index (χ3v) is 6.85. The highest BCUT2D eigenvalue weighted by Gasteiger charge is 2.36. The Hall–Kier alpha value is -2.95. The Balaban J connectivity index is 1.45. The van der Waals surface area contributed by atoms with E-state index in [1.54, 1.807) is 19.2 Å². The minimum atomic E-state index is -3.65. The zero-order valence-electron chi connectivity index (χ0n) is 17.5. The van der Waals surface area contributed by atoms with Crippen molar-refractivity contribution in [3.8, 4) is 22.9 Å². The van der Waals surface area contributed by atoms with Crippen LogP contribution in [0, 0.1) is 0 Å². The topological polar surface area (TPSA) is 107 Å². The highest BCUT2D eigenvalue weighted by atomic mass is 32.2. The lowest BCUT2D eigenvalue weighted by Gasteiger charge is -2.14. The summed E-state index contributed by atoms with van der Waals surface area (Å²) in [7, 11) is 1.40. The first-order valence-electron chi connectivity index (χ1n) is 9.74. The van der Waals surface area contributed by atoms with E-state index in [2.05, 4.69) is 14.9 Å². The maximum atomic E-state index is 12.7. The van der Waals surface area contributed by atoms with Crippen LogP contribution in [0.1, 0.15) is 18.4 Å². The molecule has 1 aromatic heterocycles. The molecule has 2 aromatic carbocycles. The number of rotatable bonds is 7. The van der Waals surface area contributed by atoms with Gasteiger partial charge in [0.05, 0.1) is 25.2 Å². The minimum absolute atomic E-state index is 0.178. The van der Waals surface area contributed by atoms with Crippen LogP contribution >= 0.6 is 0 Å². The van der Waals surface area contributed by atoms with Crippen molar-refractivity contribution in [2.24, 2.45) is 0 Å². The van der Waals surface area contributed by atoms with Crippen molar-refractivity contribution in [1.82, 2.24) is 19.8 Å². The van der Waals surface area contributed by atoms with E-state index in [1.807, 2.05) is 36.2 Å². The molecule has 4 rings (SSSR count). The van der Waals surface area contributed by atoms with E-state index >= 15 is 0 Å². The van der Waals surface area contributed by atoms with Gasteiger partial charge in [-0.05, 0) is 62.0 Å². The molecule has 1 N–H and O–H groups in total. The standard InChI is InChI=1S/C21H24N4O5S/c1-25-13-15(24-31(26,27)18-10-8-17(29-3)9-11-18)12-19(25)21-22-20(23-30-21)14-4-6-16(28-2)7-5-14/h4-11,15,19,24H,12-13H2,1-3H3/t15-,19-/m0/s1. The Bertz CT molecular complexity index is 1130. The second-order valence-corrected chi connectivity index (χ2v) is 9.08. The normalized spacial score (nSPS) is 19.5. The van der Waals surface area contributed by atoms with Crippen LogP contribution in [-0.4, -0.2) is 57.3 Å². The van der Waals surface area contributed by atoms with Crippen molar-refractivity contribution in [1.29, 1.82) is 0 Å². The van der Waals surface area contributed by atoms with Crippen LogP contribution in [0.2, 0.25) is 0 Å². The second kappa shape index (κ2) is 8.66. The van der Waals surface area contributed by atoms with Gasteiger partial charge in [0.25, 0.3) is 0 Å². The van der Waals surface area contributed by atoms with Crippen LogP contribution in [0.3, 0.4) is 0 Å². The number of nitrogens with zero attached hydrogens (tertiary/aromatic N) is 3. The fourth-order valence-corrected chi connectivity index (χ4v) is 4.88. The Morgan fingerprint density at radius 1 is 1.03 bits per heavy atom. The van der Waals surface area contributed by atoms with Gasteiger partial charge in [0.1, 0.15) is 11.5 Å². The molecule has 0 unspecified atom stereocenters. The number of methoxy groups -OCH3 is 2. The number of hydrogen-bond donors (Lipinski definition) is 1. The maximum absolute atomic E-state index is 12.7. The first-order chi connectivity index (χ1) is 14.9. The first-order valence-corrected chi connectivity index (χ1v) is 11.2. The van der Waals surface area contributed by atoms with Gasteiger partial charge in [-0.2, -0.15) is 4.98 Å². The Labute approximate surface area is 181 Å². The van der Waals surface area contributed by atoms with Crippen LogP contribution in [-0.2, 0) is 10.0 Å². The predicted molar refractivity (Wildman–Crippen MR) is 113 cm³/mol. The van der Waals surface area contributed by atoms with Gasteiger partial charge < -0.3 is 14.0 Å². The summed E-state index contributed by atoms with van der Waals surface area (Å²) < 4.78 is 44.0. The molecule has 1 fully saturated rings.